The van der Waals surface area contributed by atoms with Crippen molar-refractivity contribution >= 4 is 34.8 Å². The van der Waals surface area contributed by atoms with Crippen molar-refractivity contribution in [3.8, 4) is 5.75 Å². The molecule has 0 radical (unpaired) electrons. The number of nitrogens with zero attached hydrogens (tertiary/aromatic N) is 1. The van der Waals surface area contributed by atoms with E-state index in [4.69, 9.17) is 9.47 Å². The molecule has 1 unspecified atom stereocenters. The van der Waals surface area contributed by atoms with Crippen LogP contribution in [0.3, 0.4) is 0 Å². The van der Waals surface area contributed by atoms with Gasteiger partial charge in [-0.25, -0.2) is 4.79 Å². The van der Waals surface area contributed by atoms with Crippen molar-refractivity contribution in [2.75, 3.05) is 11.9 Å². The third-order valence-corrected chi connectivity index (χ3v) is 5.55. The van der Waals surface area contributed by atoms with E-state index in [0.29, 0.717) is 0 Å². The fourth-order valence-electron chi connectivity index (χ4n) is 3.83. The van der Waals surface area contributed by atoms with Crippen LogP contribution in [-0.2, 0) is 9.53 Å². The number of carbonyl (C=O) groups is 4. The molecule has 0 saturated carbocycles. The summed E-state index contributed by atoms with van der Waals surface area (Å²) < 4.78 is 10.4. The number of amides is 1. The Kier molecular flexibility index (Phi) is 6.60. The number of nitro groups is 1. The van der Waals surface area contributed by atoms with Gasteiger partial charge in [0.2, 0.25) is 0 Å². The lowest BCUT2D eigenvalue weighted by molar-refractivity contribution is -0.385. The highest BCUT2D eigenvalue weighted by atomic mass is 16.6. The Morgan fingerprint density at radius 2 is 1.64 bits per heavy atom. The number of ketones is 2. The highest BCUT2D eigenvalue weighted by Gasteiger charge is 2.32. The largest absolute Gasteiger partial charge is 0.487 e. The maximum atomic E-state index is 13.1. The maximum absolute atomic E-state index is 13.1. The third-order valence-electron chi connectivity index (χ3n) is 5.55. The second kappa shape index (κ2) is 9.79. The lowest BCUT2D eigenvalue weighted by Gasteiger charge is -2.21. The van der Waals surface area contributed by atoms with Crippen molar-refractivity contribution in [2.45, 2.75) is 20.0 Å². The number of fused-ring (bicyclic) bond motifs is 2. The van der Waals surface area contributed by atoms with Gasteiger partial charge in [-0.1, -0.05) is 36.4 Å². The number of hydrogen-bond donors (Lipinski definition) is 1. The first-order valence-electron chi connectivity index (χ1n) is 11.0. The first-order chi connectivity index (χ1) is 17.2. The molecule has 10 nitrogen and oxygen atoms in total. The maximum Gasteiger partial charge on any atom is 0.339 e. The number of hydrogen-bond acceptors (Lipinski definition) is 8. The van der Waals surface area contributed by atoms with Crippen LogP contribution in [0.1, 0.15) is 56.0 Å². The standard InChI is InChI=1S/C26H20N2O8/c1-3-35-21-12-11-15(13-20(21)28(33)34)26(32)36-14(2)25(31)27-19-10-6-9-18-22(19)24(30)17-8-5-4-7-16(17)23(18)29/h4-14H,3H2,1-2H3,(H,27,31). The van der Waals surface area contributed by atoms with Crippen molar-refractivity contribution in [1.82, 2.24) is 0 Å². The molecule has 0 aromatic heterocycles. The molecule has 1 atom stereocenters. The summed E-state index contributed by atoms with van der Waals surface area (Å²) >= 11 is 0. The Balaban J connectivity index is 1.53. The minimum Gasteiger partial charge on any atom is -0.487 e. The molecular formula is C26H20N2O8. The van der Waals surface area contributed by atoms with Crippen LogP contribution in [0.5, 0.6) is 5.75 Å². The Hall–Kier alpha value is -4.86. The highest BCUT2D eigenvalue weighted by Crippen LogP contribution is 2.32. The van der Waals surface area contributed by atoms with Gasteiger partial charge in [0.1, 0.15) is 0 Å². The Bertz CT molecular complexity index is 1430. The second-order valence-electron chi connectivity index (χ2n) is 7.84. The lowest BCUT2D eigenvalue weighted by Crippen LogP contribution is -2.31. The van der Waals surface area contributed by atoms with Crippen LogP contribution >= 0.6 is 0 Å². The molecule has 0 saturated heterocycles. The van der Waals surface area contributed by atoms with Gasteiger partial charge in [-0.2, -0.15) is 0 Å². The summed E-state index contributed by atoms with van der Waals surface area (Å²) in [6, 6.07) is 14.5. The van der Waals surface area contributed by atoms with Crippen LogP contribution < -0.4 is 10.1 Å². The number of anilines is 1. The first kappa shape index (κ1) is 24.3. The SMILES string of the molecule is CCOc1ccc(C(=O)OC(C)C(=O)Nc2cccc3c2C(=O)c2ccccc2C3=O)cc1[N+](=O)[O-]. The van der Waals surface area contributed by atoms with Gasteiger partial charge < -0.3 is 14.8 Å². The van der Waals surface area contributed by atoms with Crippen LogP contribution in [0.15, 0.2) is 60.7 Å². The molecule has 10 heteroatoms. The molecule has 0 fully saturated rings. The van der Waals surface area contributed by atoms with E-state index in [2.05, 4.69) is 5.32 Å². The first-order valence-corrected chi connectivity index (χ1v) is 11.0. The number of nitrogens with one attached hydrogen (secondary N) is 1. The molecule has 1 N–H and O–H groups in total. The molecule has 36 heavy (non-hydrogen) atoms. The smallest absolute Gasteiger partial charge is 0.339 e. The Labute approximate surface area is 205 Å². The molecule has 0 spiro atoms. The average Bonchev–Trinajstić information content (AvgIpc) is 2.87. The zero-order chi connectivity index (χ0) is 26.0. The molecule has 0 heterocycles. The zero-order valence-electron chi connectivity index (χ0n) is 19.3. The van der Waals surface area contributed by atoms with Crippen molar-refractivity contribution in [2.24, 2.45) is 0 Å². The normalized spacial score (nSPS) is 12.7. The van der Waals surface area contributed by atoms with Crippen molar-refractivity contribution in [3.05, 3.63) is 98.6 Å². The summed E-state index contributed by atoms with van der Waals surface area (Å²) in [6.45, 7) is 3.18. The van der Waals surface area contributed by atoms with E-state index >= 15 is 0 Å². The fraction of sp³-hybridized carbons (Fsp3) is 0.154. The monoisotopic (exact) mass is 488 g/mol. The van der Waals surface area contributed by atoms with Crippen molar-refractivity contribution in [3.63, 3.8) is 0 Å². The van der Waals surface area contributed by atoms with Crippen LogP contribution in [0, 0.1) is 10.1 Å². The molecule has 3 aromatic carbocycles. The number of benzene rings is 3. The van der Waals surface area contributed by atoms with Crippen LogP contribution in [-0.4, -0.2) is 41.1 Å². The number of esters is 1. The molecule has 3 aromatic rings. The van der Waals surface area contributed by atoms with Crippen molar-refractivity contribution in [1.29, 1.82) is 0 Å². The molecule has 0 aliphatic heterocycles. The second-order valence-corrected chi connectivity index (χ2v) is 7.84. The van der Waals surface area contributed by atoms with E-state index in [-0.39, 0.29) is 51.6 Å². The molecule has 4 rings (SSSR count). The summed E-state index contributed by atoms with van der Waals surface area (Å²) in [5, 5.41) is 13.9. The van der Waals surface area contributed by atoms with Crippen LogP contribution in [0.25, 0.3) is 0 Å². The van der Waals surface area contributed by atoms with E-state index in [1.165, 1.54) is 43.3 Å². The van der Waals surface area contributed by atoms with Gasteiger partial charge in [-0.15, -0.1) is 0 Å². The Morgan fingerprint density at radius 1 is 0.972 bits per heavy atom. The highest BCUT2D eigenvalue weighted by molar-refractivity contribution is 6.30. The van der Waals surface area contributed by atoms with E-state index < -0.39 is 34.4 Å². The van der Waals surface area contributed by atoms with Gasteiger partial charge in [0, 0.05) is 22.8 Å². The number of carbonyl (C=O) groups excluding carboxylic acids is 4. The number of ether oxygens (including phenoxy) is 2. The van der Waals surface area contributed by atoms with Crippen molar-refractivity contribution < 1.29 is 33.6 Å². The summed E-state index contributed by atoms with van der Waals surface area (Å²) in [7, 11) is 0. The van der Waals surface area contributed by atoms with Gasteiger partial charge in [0.25, 0.3) is 5.91 Å². The van der Waals surface area contributed by atoms with E-state index in [0.717, 1.165) is 6.07 Å². The zero-order valence-corrected chi connectivity index (χ0v) is 19.3. The summed E-state index contributed by atoms with van der Waals surface area (Å²) in [5.41, 5.74) is 0.267. The molecule has 1 aliphatic rings. The minimum atomic E-state index is -1.32. The summed E-state index contributed by atoms with van der Waals surface area (Å²) in [4.78, 5) is 61.9. The van der Waals surface area contributed by atoms with E-state index in [1.807, 2.05) is 0 Å². The summed E-state index contributed by atoms with van der Waals surface area (Å²) in [6.07, 6.45) is -1.32. The number of nitro benzene ring substituents is 1. The Morgan fingerprint density at radius 3 is 2.31 bits per heavy atom. The molecule has 182 valence electrons. The van der Waals surface area contributed by atoms with Gasteiger partial charge in [-0.05, 0) is 32.0 Å². The predicted octanol–water partition coefficient (Wildman–Crippen LogP) is 3.95. The average molecular weight is 488 g/mol. The van der Waals surface area contributed by atoms with Gasteiger partial charge >= 0.3 is 11.7 Å². The topological polar surface area (TPSA) is 142 Å². The summed E-state index contributed by atoms with van der Waals surface area (Å²) in [5.74, 6) is -2.47. The molecule has 1 amide bonds. The van der Waals surface area contributed by atoms with E-state index in [9.17, 15) is 29.3 Å². The van der Waals surface area contributed by atoms with Gasteiger partial charge in [0.05, 0.1) is 28.3 Å². The third kappa shape index (κ3) is 4.43. The van der Waals surface area contributed by atoms with Gasteiger partial charge in [0.15, 0.2) is 23.4 Å². The van der Waals surface area contributed by atoms with Gasteiger partial charge in [-0.3, -0.25) is 24.5 Å². The van der Waals surface area contributed by atoms with Crippen LogP contribution in [0.4, 0.5) is 11.4 Å². The molecule has 0 bridgehead atoms. The van der Waals surface area contributed by atoms with Crippen LogP contribution in [0.2, 0.25) is 0 Å². The fourth-order valence-corrected chi connectivity index (χ4v) is 3.83. The molecular weight excluding hydrogens is 468 g/mol. The quantitative estimate of drug-likeness (QED) is 0.234. The predicted molar refractivity (Wildman–Crippen MR) is 128 cm³/mol. The minimum absolute atomic E-state index is 0.000481. The molecule has 1 aliphatic carbocycles. The lowest BCUT2D eigenvalue weighted by atomic mass is 9.83. The number of rotatable bonds is 7. The van der Waals surface area contributed by atoms with E-state index in [1.54, 1.807) is 25.1 Å².